The predicted octanol–water partition coefficient (Wildman–Crippen LogP) is 3.99. The predicted molar refractivity (Wildman–Crippen MR) is 103 cm³/mol. The molecule has 0 aliphatic rings. The van der Waals surface area contributed by atoms with Gasteiger partial charge in [-0.3, -0.25) is 14.6 Å². The third-order valence-corrected chi connectivity index (χ3v) is 4.68. The van der Waals surface area contributed by atoms with Gasteiger partial charge in [0.2, 0.25) is 0 Å². The van der Waals surface area contributed by atoms with Crippen molar-refractivity contribution >= 4 is 27.4 Å². The van der Waals surface area contributed by atoms with Gasteiger partial charge in [-0.05, 0) is 57.0 Å². The third-order valence-electron chi connectivity index (χ3n) is 3.61. The smallest absolute Gasteiger partial charge is 0.306 e. The summed E-state index contributed by atoms with van der Waals surface area (Å²) in [6, 6.07) is 11.1. The van der Waals surface area contributed by atoms with Gasteiger partial charge in [-0.1, -0.05) is 12.1 Å². The van der Waals surface area contributed by atoms with Crippen LogP contribution in [-0.4, -0.2) is 21.5 Å². The van der Waals surface area contributed by atoms with Crippen molar-refractivity contribution in [3.63, 3.8) is 0 Å². The summed E-state index contributed by atoms with van der Waals surface area (Å²) >= 11 is 1.43. The number of carbonyl (C=O) groups is 1. The summed E-state index contributed by atoms with van der Waals surface area (Å²) in [7, 11) is 0. The van der Waals surface area contributed by atoms with Crippen LogP contribution in [0.3, 0.4) is 0 Å². The van der Waals surface area contributed by atoms with E-state index in [0.29, 0.717) is 28.9 Å². The van der Waals surface area contributed by atoms with Gasteiger partial charge in [0.25, 0.3) is 5.56 Å². The first-order valence-electron chi connectivity index (χ1n) is 8.39. The maximum Gasteiger partial charge on any atom is 0.306 e. The summed E-state index contributed by atoms with van der Waals surface area (Å²) < 4.78 is 6.21. The van der Waals surface area contributed by atoms with E-state index in [-0.39, 0.29) is 11.5 Å². The highest BCUT2D eigenvalue weighted by Crippen LogP contribution is 2.25. The number of rotatable bonds is 4. The lowest BCUT2D eigenvalue weighted by Crippen LogP contribution is -2.24. The first-order valence-corrected chi connectivity index (χ1v) is 9.20. The maximum atomic E-state index is 12.2. The molecular weight excluding hydrogens is 348 g/mol. The fraction of sp³-hybridized carbons (Fsp3) is 0.300. The minimum Gasteiger partial charge on any atom is -0.460 e. The zero-order chi connectivity index (χ0) is 18.7. The first kappa shape index (κ1) is 18.2. The summed E-state index contributed by atoms with van der Waals surface area (Å²) in [5, 5.41) is 1.19. The van der Waals surface area contributed by atoms with Gasteiger partial charge in [0.1, 0.15) is 10.6 Å². The number of ether oxygens (including phenoxy) is 1. The van der Waals surface area contributed by atoms with E-state index in [1.54, 1.807) is 12.3 Å². The van der Waals surface area contributed by atoms with Gasteiger partial charge in [-0.2, -0.15) is 4.98 Å². The van der Waals surface area contributed by atoms with Gasteiger partial charge < -0.3 is 4.74 Å². The van der Waals surface area contributed by atoms with Crippen molar-refractivity contribution in [2.45, 2.75) is 39.2 Å². The Balaban J connectivity index is 1.81. The SMILES string of the molecule is CC(C)(C)OC(=O)CCc1ccnc(-c2nc(=O)c3ccccc3s2)c1. The Morgan fingerprint density at radius 1 is 1.19 bits per heavy atom. The molecular formula is C20H20N2O3S. The molecule has 0 aliphatic heterocycles. The van der Waals surface area contributed by atoms with Crippen LogP contribution in [0.5, 0.6) is 0 Å². The van der Waals surface area contributed by atoms with Gasteiger partial charge in [0.15, 0.2) is 0 Å². The van der Waals surface area contributed by atoms with Gasteiger partial charge in [-0.15, -0.1) is 11.3 Å². The van der Waals surface area contributed by atoms with E-state index in [4.69, 9.17) is 4.74 Å². The lowest BCUT2D eigenvalue weighted by atomic mass is 10.1. The fourth-order valence-electron chi connectivity index (χ4n) is 2.51. The van der Waals surface area contributed by atoms with E-state index in [1.807, 2.05) is 51.1 Å². The molecule has 26 heavy (non-hydrogen) atoms. The highest BCUT2D eigenvalue weighted by molar-refractivity contribution is 7.21. The molecule has 0 saturated carbocycles. The lowest BCUT2D eigenvalue weighted by Gasteiger charge is -2.19. The molecule has 6 heteroatoms. The van der Waals surface area contributed by atoms with Gasteiger partial charge in [0, 0.05) is 17.3 Å². The van der Waals surface area contributed by atoms with Gasteiger partial charge in [-0.25, -0.2) is 0 Å². The molecule has 134 valence electrons. The minimum absolute atomic E-state index is 0.232. The molecule has 0 saturated heterocycles. The van der Waals surface area contributed by atoms with Crippen molar-refractivity contribution in [2.75, 3.05) is 0 Å². The number of nitrogens with zero attached hydrogens (tertiary/aromatic N) is 2. The number of fused-ring (bicyclic) bond motifs is 1. The molecule has 0 bridgehead atoms. The van der Waals surface area contributed by atoms with E-state index in [2.05, 4.69) is 9.97 Å². The van der Waals surface area contributed by atoms with Crippen molar-refractivity contribution in [1.29, 1.82) is 0 Å². The van der Waals surface area contributed by atoms with Crippen LogP contribution in [0.25, 0.3) is 20.8 Å². The minimum atomic E-state index is -0.484. The molecule has 0 radical (unpaired) electrons. The molecule has 0 aliphatic carbocycles. The topological polar surface area (TPSA) is 69.2 Å². The highest BCUT2D eigenvalue weighted by Gasteiger charge is 2.16. The Morgan fingerprint density at radius 3 is 2.73 bits per heavy atom. The first-order chi connectivity index (χ1) is 12.3. The summed E-state index contributed by atoms with van der Waals surface area (Å²) in [4.78, 5) is 32.6. The van der Waals surface area contributed by atoms with Crippen LogP contribution in [0, 0.1) is 0 Å². The molecule has 2 aromatic heterocycles. The fourth-order valence-corrected chi connectivity index (χ4v) is 3.47. The zero-order valence-corrected chi connectivity index (χ0v) is 15.8. The quantitative estimate of drug-likeness (QED) is 0.651. The van der Waals surface area contributed by atoms with E-state index < -0.39 is 5.60 Å². The van der Waals surface area contributed by atoms with Gasteiger partial charge in [0.05, 0.1) is 11.1 Å². The molecule has 2 heterocycles. The second-order valence-corrected chi connectivity index (χ2v) is 7.99. The van der Waals surface area contributed by atoms with Crippen molar-refractivity contribution < 1.29 is 9.53 Å². The molecule has 0 unspecified atom stereocenters. The molecule has 3 rings (SSSR count). The molecule has 0 fully saturated rings. The van der Waals surface area contributed by atoms with Crippen LogP contribution >= 0.6 is 11.3 Å². The number of pyridine rings is 1. The maximum absolute atomic E-state index is 12.2. The van der Waals surface area contributed by atoms with Crippen molar-refractivity contribution in [3.05, 3.63) is 58.5 Å². The molecule has 0 atom stereocenters. The van der Waals surface area contributed by atoms with Crippen molar-refractivity contribution in [1.82, 2.24) is 9.97 Å². The number of aryl methyl sites for hydroxylation is 1. The molecule has 3 aromatic rings. The number of hydrogen-bond donors (Lipinski definition) is 0. The third kappa shape index (κ3) is 4.52. The van der Waals surface area contributed by atoms with E-state index in [1.165, 1.54) is 11.3 Å². The highest BCUT2D eigenvalue weighted by atomic mass is 32.1. The normalized spacial score (nSPS) is 11.5. The Labute approximate surface area is 155 Å². The van der Waals surface area contributed by atoms with Crippen LogP contribution in [0.4, 0.5) is 0 Å². The largest absolute Gasteiger partial charge is 0.460 e. The Kier molecular flexibility index (Phi) is 5.13. The lowest BCUT2D eigenvalue weighted by molar-refractivity contribution is -0.154. The standard InChI is InChI=1S/C20H20N2O3S/c1-20(2,3)25-17(23)9-8-13-10-11-21-15(12-13)19-22-18(24)14-6-4-5-7-16(14)26-19/h4-7,10-12H,8-9H2,1-3H3. The van der Waals surface area contributed by atoms with Crippen molar-refractivity contribution in [3.8, 4) is 10.7 Å². The number of aromatic nitrogens is 2. The summed E-state index contributed by atoms with van der Waals surface area (Å²) in [5.74, 6) is -0.232. The second-order valence-electron chi connectivity index (χ2n) is 6.96. The van der Waals surface area contributed by atoms with E-state index in [9.17, 15) is 9.59 Å². The number of benzene rings is 1. The van der Waals surface area contributed by atoms with E-state index in [0.717, 1.165) is 10.3 Å². The number of carbonyl (C=O) groups excluding carboxylic acids is 1. The molecule has 0 spiro atoms. The summed E-state index contributed by atoms with van der Waals surface area (Å²) in [6.45, 7) is 5.55. The Morgan fingerprint density at radius 2 is 1.96 bits per heavy atom. The number of hydrogen-bond acceptors (Lipinski definition) is 6. The summed E-state index contributed by atoms with van der Waals surface area (Å²) in [5.41, 5.74) is 0.854. The van der Waals surface area contributed by atoms with Crippen LogP contribution in [0.15, 0.2) is 47.4 Å². The molecule has 0 N–H and O–H groups in total. The second kappa shape index (κ2) is 7.33. The average molecular weight is 368 g/mol. The average Bonchev–Trinajstić information content (AvgIpc) is 2.59. The molecule has 5 nitrogen and oxygen atoms in total. The van der Waals surface area contributed by atoms with Crippen LogP contribution in [0.2, 0.25) is 0 Å². The van der Waals surface area contributed by atoms with E-state index >= 15 is 0 Å². The van der Waals surface area contributed by atoms with Gasteiger partial charge >= 0.3 is 5.97 Å². The summed E-state index contributed by atoms with van der Waals surface area (Å²) in [6.07, 6.45) is 2.52. The molecule has 0 amide bonds. The van der Waals surface area contributed by atoms with Crippen LogP contribution in [0.1, 0.15) is 32.8 Å². The molecule has 1 aromatic carbocycles. The van der Waals surface area contributed by atoms with Crippen molar-refractivity contribution in [2.24, 2.45) is 0 Å². The Bertz CT molecular complexity index is 1010. The Hall–Kier alpha value is -2.60. The monoisotopic (exact) mass is 368 g/mol. The van der Waals surface area contributed by atoms with Crippen LogP contribution < -0.4 is 5.56 Å². The van der Waals surface area contributed by atoms with Crippen LogP contribution in [-0.2, 0) is 16.0 Å². The number of esters is 1. The zero-order valence-electron chi connectivity index (χ0n) is 15.0.